The van der Waals surface area contributed by atoms with E-state index in [2.05, 4.69) is 39.8 Å². The molecule has 2 nitrogen and oxygen atoms in total. The maximum atomic E-state index is 5.73. The number of nitrogens with zero attached hydrogens (tertiary/aromatic N) is 1. The van der Waals surface area contributed by atoms with Crippen molar-refractivity contribution in [3.8, 4) is 0 Å². The lowest BCUT2D eigenvalue weighted by Gasteiger charge is -2.32. The van der Waals surface area contributed by atoms with Crippen LogP contribution in [0.5, 0.6) is 0 Å². The van der Waals surface area contributed by atoms with Gasteiger partial charge in [-0.1, -0.05) is 27.2 Å². The van der Waals surface area contributed by atoms with E-state index < -0.39 is 0 Å². The fourth-order valence-corrected chi connectivity index (χ4v) is 1.60. The summed E-state index contributed by atoms with van der Waals surface area (Å²) in [5.74, 6) is 0. The lowest BCUT2D eigenvalue weighted by Crippen LogP contribution is -2.36. The third-order valence-electron chi connectivity index (χ3n) is 2.69. The van der Waals surface area contributed by atoms with Crippen molar-refractivity contribution in [2.24, 2.45) is 11.1 Å². The highest BCUT2D eigenvalue weighted by Gasteiger charge is 2.22. The molecule has 1 atom stereocenters. The Kier molecular flexibility index (Phi) is 5.57. The lowest BCUT2D eigenvalue weighted by molar-refractivity contribution is 0.190. The van der Waals surface area contributed by atoms with E-state index in [4.69, 9.17) is 5.73 Å². The standard InChI is InChI=1S/C11H26N2/c1-6-7-10(13(4)5)8-11(2,3)9-12/h10H,6-9,12H2,1-5H3. The van der Waals surface area contributed by atoms with Crippen molar-refractivity contribution in [3.63, 3.8) is 0 Å². The summed E-state index contributed by atoms with van der Waals surface area (Å²) in [7, 11) is 4.32. The number of hydrogen-bond acceptors (Lipinski definition) is 2. The Labute approximate surface area is 83.5 Å². The molecule has 0 aliphatic rings. The van der Waals surface area contributed by atoms with Gasteiger partial charge < -0.3 is 10.6 Å². The van der Waals surface area contributed by atoms with Crippen molar-refractivity contribution < 1.29 is 0 Å². The van der Waals surface area contributed by atoms with E-state index in [-0.39, 0.29) is 5.41 Å². The van der Waals surface area contributed by atoms with Crippen LogP contribution in [0, 0.1) is 5.41 Å². The van der Waals surface area contributed by atoms with Crippen molar-refractivity contribution in [2.75, 3.05) is 20.6 Å². The monoisotopic (exact) mass is 186 g/mol. The van der Waals surface area contributed by atoms with Gasteiger partial charge in [0.1, 0.15) is 0 Å². The first kappa shape index (κ1) is 12.9. The van der Waals surface area contributed by atoms with Gasteiger partial charge in [0.25, 0.3) is 0 Å². The zero-order valence-corrected chi connectivity index (χ0v) is 9.93. The quantitative estimate of drug-likeness (QED) is 0.688. The molecule has 0 fully saturated rings. The molecule has 0 aromatic rings. The third-order valence-corrected chi connectivity index (χ3v) is 2.69. The van der Waals surface area contributed by atoms with Crippen LogP contribution in [0.15, 0.2) is 0 Å². The summed E-state index contributed by atoms with van der Waals surface area (Å²) in [5, 5.41) is 0. The van der Waals surface area contributed by atoms with E-state index in [1.807, 2.05) is 0 Å². The topological polar surface area (TPSA) is 29.3 Å². The Bertz CT molecular complexity index is 130. The molecule has 0 bridgehead atoms. The lowest BCUT2D eigenvalue weighted by atomic mass is 9.84. The number of nitrogens with two attached hydrogens (primary N) is 1. The zero-order valence-electron chi connectivity index (χ0n) is 9.93. The average molecular weight is 186 g/mol. The molecule has 0 aliphatic heterocycles. The van der Waals surface area contributed by atoms with E-state index in [0.29, 0.717) is 6.04 Å². The van der Waals surface area contributed by atoms with Crippen molar-refractivity contribution in [1.29, 1.82) is 0 Å². The molecule has 0 saturated heterocycles. The SMILES string of the molecule is CCCC(CC(C)(C)CN)N(C)C. The Morgan fingerprint density at radius 3 is 2.15 bits per heavy atom. The fourth-order valence-electron chi connectivity index (χ4n) is 1.60. The van der Waals surface area contributed by atoms with Crippen LogP contribution in [0.1, 0.15) is 40.0 Å². The van der Waals surface area contributed by atoms with Crippen molar-refractivity contribution in [2.45, 2.75) is 46.1 Å². The van der Waals surface area contributed by atoms with Gasteiger partial charge >= 0.3 is 0 Å². The molecule has 0 radical (unpaired) electrons. The zero-order chi connectivity index (χ0) is 10.5. The van der Waals surface area contributed by atoms with Gasteiger partial charge in [0.2, 0.25) is 0 Å². The molecule has 0 aromatic heterocycles. The maximum absolute atomic E-state index is 5.73. The summed E-state index contributed by atoms with van der Waals surface area (Å²) in [5.41, 5.74) is 6.01. The predicted octanol–water partition coefficient (Wildman–Crippen LogP) is 2.09. The molecule has 0 spiro atoms. The van der Waals surface area contributed by atoms with Crippen LogP contribution >= 0.6 is 0 Å². The Morgan fingerprint density at radius 1 is 1.31 bits per heavy atom. The van der Waals surface area contributed by atoms with E-state index in [9.17, 15) is 0 Å². The Hall–Kier alpha value is -0.0800. The Morgan fingerprint density at radius 2 is 1.85 bits per heavy atom. The third kappa shape index (κ3) is 5.27. The summed E-state index contributed by atoms with van der Waals surface area (Å²) in [4.78, 5) is 2.32. The van der Waals surface area contributed by atoms with Gasteiger partial charge in [-0.15, -0.1) is 0 Å². The molecule has 0 heterocycles. The van der Waals surface area contributed by atoms with Gasteiger partial charge in [-0.25, -0.2) is 0 Å². The Balaban J connectivity index is 4.08. The normalized spacial score (nSPS) is 15.0. The molecule has 0 aromatic carbocycles. The average Bonchev–Trinajstić information content (AvgIpc) is 2.03. The summed E-state index contributed by atoms with van der Waals surface area (Å²) in [6, 6.07) is 0.684. The van der Waals surface area contributed by atoms with Gasteiger partial charge in [0, 0.05) is 6.04 Å². The second-order valence-electron chi connectivity index (χ2n) is 4.98. The smallest absolute Gasteiger partial charge is 0.00946 e. The molecule has 0 rings (SSSR count). The van der Waals surface area contributed by atoms with Crippen LogP contribution < -0.4 is 5.73 Å². The van der Waals surface area contributed by atoms with Crippen LogP contribution in [-0.2, 0) is 0 Å². The minimum Gasteiger partial charge on any atom is -0.330 e. The van der Waals surface area contributed by atoms with Gasteiger partial charge in [-0.2, -0.15) is 0 Å². The second-order valence-corrected chi connectivity index (χ2v) is 4.98. The van der Waals surface area contributed by atoms with Crippen LogP contribution in [0.4, 0.5) is 0 Å². The van der Waals surface area contributed by atoms with Crippen LogP contribution in [0.3, 0.4) is 0 Å². The van der Waals surface area contributed by atoms with Crippen LogP contribution in [-0.4, -0.2) is 31.6 Å². The van der Waals surface area contributed by atoms with Crippen molar-refractivity contribution in [3.05, 3.63) is 0 Å². The molecular formula is C11H26N2. The molecule has 80 valence electrons. The van der Waals surface area contributed by atoms with E-state index in [1.165, 1.54) is 19.3 Å². The highest BCUT2D eigenvalue weighted by atomic mass is 15.1. The second kappa shape index (κ2) is 5.61. The number of rotatable bonds is 6. The summed E-state index contributed by atoms with van der Waals surface area (Å²) in [6.07, 6.45) is 3.73. The molecule has 0 aliphatic carbocycles. The molecule has 2 heteroatoms. The van der Waals surface area contributed by atoms with E-state index >= 15 is 0 Å². The summed E-state index contributed by atoms with van der Waals surface area (Å²) >= 11 is 0. The van der Waals surface area contributed by atoms with Crippen LogP contribution in [0.2, 0.25) is 0 Å². The minimum absolute atomic E-state index is 0.282. The van der Waals surface area contributed by atoms with Gasteiger partial charge in [-0.05, 0) is 38.9 Å². The molecule has 13 heavy (non-hydrogen) atoms. The van der Waals surface area contributed by atoms with E-state index in [0.717, 1.165) is 6.54 Å². The minimum atomic E-state index is 0.282. The van der Waals surface area contributed by atoms with Gasteiger partial charge in [-0.3, -0.25) is 0 Å². The van der Waals surface area contributed by atoms with Crippen molar-refractivity contribution >= 4 is 0 Å². The molecule has 1 unspecified atom stereocenters. The predicted molar refractivity (Wildman–Crippen MR) is 59.8 cm³/mol. The highest BCUT2D eigenvalue weighted by molar-refractivity contribution is 4.77. The van der Waals surface area contributed by atoms with Gasteiger partial charge in [0.15, 0.2) is 0 Å². The van der Waals surface area contributed by atoms with E-state index in [1.54, 1.807) is 0 Å². The molecular weight excluding hydrogens is 160 g/mol. The molecule has 2 N–H and O–H groups in total. The summed E-state index contributed by atoms with van der Waals surface area (Å²) in [6.45, 7) is 7.52. The van der Waals surface area contributed by atoms with Crippen LogP contribution in [0.25, 0.3) is 0 Å². The number of hydrogen-bond donors (Lipinski definition) is 1. The van der Waals surface area contributed by atoms with Crippen molar-refractivity contribution in [1.82, 2.24) is 4.90 Å². The molecule has 0 saturated carbocycles. The summed E-state index contributed by atoms with van der Waals surface area (Å²) < 4.78 is 0. The highest BCUT2D eigenvalue weighted by Crippen LogP contribution is 2.24. The largest absolute Gasteiger partial charge is 0.330 e. The van der Waals surface area contributed by atoms with Gasteiger partial charge in [0.05, 0.1) is 0 Å². The first-order chi connectivity index (χ1) is 5.93. The maximum Gasteiger partial charge on any atom is 0.00946 e. The fraction of sp³-hybridized carbons (Fsp3) is 1.00. The molecule has 0 amide bonds. The first-order valence-electron chi connectivity index (χ1n) is 5.29. The first-order valence-corrected chi connectivity index (χ1v) is 5.29.